The summed E-state index contributed by atoms with van der Waals surface area (Å²) < 4.78 is 11.3. The fourth-order valence-corrected chi connectivity index (χ4v) is 4.37. The topological polar surface area (TPSA) is 75.7 Å². The molecular weight excluding hydrogens is 414 g/mol. The number of benzene rings is 2. The van der Waals surface area contributed by atoms with E-state index in [9.17, 15) is 4.79 Å². The van der Waals surface area contributed by atoms with Gasteiger partial charge in [-0.15, -0.1) is 0 Å². The number of rotatable bonds is 10. The van der Waals surface area contributed by atoms with E-state index in [2.05, 4.69) is 22.4 Å². The second-order valence-corrected chi connectivity index (χ2v) is 8.57. The predicted molar refractivity (Wildman–Crippen MR) is 133 cm³/mol. The molecule has 6 heteroatoms. The number of aryl methyl sites for hydroxylation is 2. The van der Waals surface area contributed by atoms with Gasteiger partial charge in [-0.25, -0.2) is 5.43 Å². The van der Waals surface area contributed by atoms with Gasteiger partial charge in [0.15, 0.2) is 11.5 Å². The Hall–Kier alpha value is -3.28. The summed E-state index contributed by atoms with van der Waals surface area (Å²) in [5.74, 6) is 1.15. The molecule has 174 valence electrons. The van der Waals surface area contributed by atoms with Gasteiger partial charge >= 0.3 is 0 Å². The first kappa shape index (κ1) is 22.9. The summed E-state index contributed by atoms with van der Waals surface area (Å²) in [6, 6.07) is 11.4. The molecule has 2 N–H and O–H groups in total. The molecule has 3 aromatic rings. The molecule has 1 amide bonds. The molecule has 0 fully saturated rings. The van der Waals surface area contributed by atoms with Crippen molar-refractivity contribution in [2.45, 2.75) is 58.3 Å². The maximum Gasteiger partial charge on any atom is 0.271 e. The van der Waals surface area contributed by atoms with Crippen LogP contribution < -0.4 is 14.9 Å². The maximum atomic E-state index is 12.7. The molecule has 1 aliphatic carbocycles. The van der Waals surface area contributed by atoms with Crippen molar-refractivity contribution in [2.75, 3.05) is 13.7 Å². The summed E-state index contributed by atoms with van der Waals surface area (Å²) in [5.41, 5.74) is 7.83. The van der Waals surface area contributed by atoms with Gasteiger partial charge in [-0.2, -0.15) is 5.10 Å². The quantitative estimate of drug-likeness (QED) is 0.235. The number of hydrogen-bond donors (Lipinski definition) is 2. The highest BCUT2D eigenvalue weighted by atomic mass is 16.5. The minimum Gasteiger partial charge on any atom is -0.493 e. The number of fused-ring (bicyclic) bond motifs is 3. The number of aromatic nitrogens is 1. The van der Waals surface area contributed by atoms with Crippen LogP contribution in [-0.2, 0) is 12.8 Å². The highest BCUT2D eigenvalue weighted by Crippen LogP contribution is 2.30. The van der Waals surface area contributed by atoms with E-state index in [-0.39, 0.29) is 5.91 Å². The lowest BCUT2D eigenvalue weighted by molar-refractivity contribution is 0.0955. The van der Waals surface area contributed by atoms with Crippen LogP contribution >= 0.6 is 0 Å². The maximum absolute atomic E-state index is 12.7. The van der Waals surface area contributed by atoms with Gasteiger partial charge in [0, 0.05) is 22.2 Å². The molecule has 1 heterocycles. The van der Waals surface area contributed by atoms with Crippen LogP contribution in [0.4, 0.5) is 0 Å². The number of hydrogen-bond acceptors (Lipinski definition) is 4. The molecular formula is C27H33N3O3. The van der Waals surface area contributed by atoms with E-state index in [1.54, 1.807) is 13.3 Å². The van der Waals surface area contributed by atoms with E-state index < -0.39 is 0 Å². The summed E-state index contributed by atoms with van der Waals surface area (Å²) in [4.78, 5) is 16.2. The number of carbonyl (C=O) groups excluding carboxylic acids is 1. The second-order valence-electron chi connectivity index (χ2n) is 8.57. The van der Waals surface area contributed by atoms with Crippen LogP contribution in [0.1, 0.15) is 72.6 Å². The molecule has 4 rings (SSSR count). The van der Waals surface area contributed by atoms with Crippen molar-refractivity contribution < 1.29 is 14.3 Å². The van der Waals surface area contributed by atoms with Gasteiger partial charge in [0.2, 0.25) is 0 Å². The molecule has 1 aliphatic rings. The summed E-state index contributed by atoms with van der Waals surface area (Å²) in [6.07, 6.45) is 10.8. The van der Waals surface area contributed by atoms with Crippen LogP contribution in [0, 0.1) is 0 Å². The summed E-state index contributed by atoms with van der Waals surface area (Å²) >= 11 is 0. The fourth-order valence-electron chi connectivity index (χ4n) is 4.37. The third-order valence-electron chi connectivity index (χ3n) is 6.18. The molecule has 6 nitrogen and oxygen atoms in total. The van der Waals surface area contributed by atoms with Crippen LogP contribution in [-0.4, -0.2) is 30.8 Å². The van der Waals surface area contributed by atoms with Gasteiger partial charge in [-0.1, -0.05) is 26.2 Å². The van der Waals surface area contributed by atoms with Crippen molar-refractivity contribution in [3.05, 3.63) is 58.8 Å². The molecule has 2 aromatic carbocycles. The zero-order chi connectivity index (χ0) is 23.0. The zero-order valence-corrected chi connectivity index (χ0v) is 19.6. The van der Waals surface area contributed by atoms with Crippen LogP contribution in [0.15, 0.2) is 41.5 Å². The largest absolute Gasteiger partial charge is 0.493 e. The Kier molecular flexibility index (Phi) is 7.66. The van der Waals surface area contributed by atoms with Gasteiger partial charge in [-0.05, 0) is 79.6 Å². The molecule has 0 saturated carbocycles. The van der Waals surface area contributed by atoms with Crippen LogP contribution in [0.5, 0.6) is 11.5 Å². The predicted octanol–water partition coefficient (Wildman–Crippen LogP) is 5.78. The highest BCUT2D eigenvalue weighted by Gasteiger charge is 2.16. The monoisotopic (exact) mass is 447 g/mol. The van der Waals surface area contributed by atoms with Crippen molar-refractivity contribution in [3.8, 4) is 11.5 Å². The smallest absolute Gasteiger partial charge is 0.271 e. The number of carbonyl (C=O) groups is 1. The van der Waals surface area contributed by atoms with Crippen LogP contribution in [0.2, 0.25) is 0 Å². The molecule has 0 aliphatic heterocycles. The summed E-state index contributed by atoms with van der Waals surface area (Å²) in [7, 11) is 1.62. The van der Waals surface area contributed by atoms with Gasteiger partial charge < -0.3 is 14.5 Å². The Balaban J connectivity index is 1.37. The lowest BCUT2D eigenvalue weighted by atomic mass is 9.95. The van der Waals surface area contributed by atoms with Crippen molar-refractivity contribution in [2.24, 2.45) is 5.10 Å². The standard InChI is InChI=1S/C27H33N3O3/c1-3-4-5-8-15-33-25-14-11-19(16-26(25)32-2)18-28-30-27(31)20-12-13-24-22(17-20)21-9-6-7-10-23(21)29-24/h11-14,16-18,29H,3-10,15H2,1-2H3,(H,30,31)/b28-18+. The average Bonchev–Trinajstić information content (AvgIpc) is 3.22. The Morgan fingerprint density at radius 3 is 2.82 bits per heavy atom. The van der Waals surface area contributed by atoms with Gasteiger partial charge in [0.25, 0.3) is 5.91 Å². The number of ether oxygens (including phenoxy) is 2. The molecule has 33 heavy (non-hydrogen) atoms. The third kappa shape index (κ3) is 5.56. The number of methoxy groups -OCH3 is 1. The fraction of sp³-hybridized carbons (Fsp3) is 0.407. The Bertz CT molecular complexity index is 1130. The molecule has 0 saturated heterocycles. The van der Waals surface area contributed by atoms with E-state index in [1.165, 1.54) is 43.4 Å². The van der Waals surface area contributed by atoms with E-state index in [0.29, 0.717) is 17.9 Å². The third-order valence-corrected chi connectivity index (χ3v) is 6.18. The van der Waals surface area contributed by atoms with Crippen molar-refractivity contribution in [1.29, 1.82) is 0 Å². The SMILES string of the molecule is CCCCCCOc1ccc(/C=N/NC(=O)c2ccc3[nH]c4c(c3c2)CCCC4)cc1OC. The zero-order valence-electron chi connectivity index (χ0n) is 19.6. The number of nitrogens with zero attached hydrogens (tertiary/aromatic N) is 1. The normalized spacial score (nSPS) is 13.3. The average molecular weight is 448 g/mol. The summed E-state index contributed by atoms with van der Waals surface area (Å²) in [6.45, 7) is 2.87. The number of unbranched alkanes of at least 4 members (excludes halogenated alkanes) is 3. The van der Waals surface area contributed by atoms with E-state index in [0.717, 1.165) is 41.5 Å². The first-order chi connectivity index (χ1) is 16.2. The minimum absolute atomic E-state index is 0.224. The van der Waals surface area contributed by atoms with Crippen molar-refractivity contribution in [1.82, 2.24) is 10.4 Å². The Labute approximate surface area is 195 Å². The van der Waals surface area contributed by atoms with Crippen molar-refractivity contribution >= 4 is 23.0 Å². The van der Waals surface area contributed by atoms with E-state index in [1.807, 2.05) is 36.4 Å². The summed E-state index contributed by atoms with van der Waals surface area (Å²) in [5, 5.41) is 5.29. The lowest BCUT2D eigenvalue weighted by Gasteiger charge is -2.11. The number of nitrogens with one attached hydrogen (secondary N) is 2. The van der Waals surface area contributed by atoms with Gasteiger partial charge in [-0.3, -0.25) is 4.79 Å². The lowest BCUT2D eigenvalue weighted by Crippen LogP contribution is -2.17. The van der Waals surface area contributed by atoms with E-state index >= 15 is 0 Å². The Morgan fingerprint density at radius 1 is 1.09 bits per heavy atom. The molecule has 0 bridgehead atoms. The number of H-pyrrole nitrogens is 1. The number of amides is 1. The van der Waals surface area contributed by atoms with Crippen molar-refractivity contribution in [3.63, 3.8) is 0 Å². The van der Waals surface area contributed by atoms with E-state index in [4.69, 9.17) is 9.47 Å². The molecule has 0 unspecified atom stereocenters. The minimum atomic E-state index is -0.224. The molecule has 0 spiro atoms. The van der Waals surface area contributed by atoms with Gasteiger partial charge in [0.1, 0.15) is 0 Å². The molecule has 0 atom stereocenters. The number of aromatic amines is 1. The molecule has 0 radical (unpaired) electrons. The number of hydrazone groups is 1. The van der Waals surface area contributed by atoms with Crippen LogP contribution in [0.25, 0.3) is 10.9 Å². The highest BCUT2D eigenvalue weighted by molar-refractivity contribution is 5.99. The second kappa shape index (κ2) is 11.0. The van der Waals surface area contributed by atoms with Crippen LogP contribution in [0.3, 0.4) is 0 Å². The Morgan fingerprint density at radius 2 is 1.97 bits per heavy atom. The first-order valence-electron chi connectivity index (χ1n) is 12.0. The molecule has 1 aromatic heterocycles. The van der Waals surface area contributed by atoms with Gasteiger partial charge in [0.05, 0.1) is 19.9 Å². The first-order valence-corrected chi connectivity index (χ1v) is 12.0.